The largest absolute Gasteiger partial charge is 0.173 e. The number of aryl methyl sites for hydroxylation is 1. The molecule has 1 aromatic carbocycles. The molecule has 0 bridgehead atoms. The van der Waals surface area contributed by atoms with Crippen LogP contribution >= 0.6 is 39.0 Å². The van der Waals surface area contributed by atoms with Crippen molar-refractivity contribution in [3.63, 3.8) is 0 Å². The lowest BCUT2D eigenvalue weighted by Gasteiger charge is -2.07. The fraction of sp³-hybridized carbons (Fsp3) is 0.375. The average Bonchev–Trinajstić information content (AvgIpc) is 3.12. The van der Waals surface area contributed by atoms with Gasteiger partial charge in [-0.15, -0.1) is 11.3 Å². The lowest BCUT2D eigenvalue weighted by atomic mass is 10.0. The number of unbranched alkanes of at least 4 members (excludes halogenated alkanes) is 3. The maximum atomic E-state index is 4.49. The average molecular weight is 381 g/mol. The van der Waals surface area contributed by atoms with Crippen LogP contribution in [0.4, 0.5) is 0 Å². The van der Waals surface area contributed by atoms with Crippen molar-refractivity contribution in [1.29, 1.82) is 0 Å². The van der Waals surface area contributed by atoms with Crippen LogP contribution in [0.3, 0.4) is 0 Å². The molecular weight excluding hydrogens is 364 g/mol. The predicted molar refractivity (Wildman–Crippen MR) is 96.3 cm³/mol. The molecule has 5 heteroatoms. The number of thiophene rings is 1. The number of halogens is 1. The molecule has 0 saturated carbocycles. The highest BCUT2D eigenvalue weighted by Crippen LogP contribution is 2.39. The number of fused-ring (bicyclic) bond motifs is 1. The molecule has 0 fully saturated rings. The summed E-state index contributed by atoms with van der Waals surface area (Å²) in [4.78, 5) is 1.34. The van der Waals surface area contributed by atoms with E-state index in [0.29, 0.717) is 0 Å². The summed E-state index contributed by atoms with van der Waals surface area (Å²) in [7, 11) is 0. The maximum Gasteiger partial charge on any atom is 0.114 e. The Balaban J connectivity index is 1.94. The van der Waals surface area contributed by atoms with Gasteiger partial charge in [0.05, 0.1) is 11.7 Å². The van der Waals surface area contributed by atoms with Gasteiger partial charge in [-0.2, -0.15) is 8.75 Å². The van der Waals surface area contributed by atoms with E-state index in [4.69, 9.17) is 0 Å². The van der Waals surface area contributed by atoms with Crippen LogP contribution in [0.1, 0.15) is 38.2 Å². The first-order valence-corrected chi connectivity index (χ1v) is 9.69. The van der Waals surface area contributed by atoms with E-state index in [-0.39, 0.29) is 0 Å². The summed E-state index contributed by atoms with van der Waals surface area (Å²) in [6, 6.07) is 6.37. The summed E-state index contributed by atoms with van der Waals surface area (Å²) in [6.45, 7) is 2.25. The van der Waals surface area contributed by atoms with E-state index < -0.39 is 0 Å². The Labute approximate surface area is 141 Å². The lowest BCUT2D eigenvalue weighted by molar-refractivity contribution is 0.668. The Hall–Kier alpha value is -0.780. The van der Waals surface area contributed by atoms with Crippen LogP contribution in [0, 0.1) is 0 Å². The van der Waals surface area contributed by atoms with Crippen molar-refractivity contribution in [3.05, 3.63) is 33.6 Å². The van der Waals surface area contributed by atoms with E-state index in [1.54, 1.807) is 11.3 Å². The van der Waals surface area contributed by atoms with E-state index in [0.717, 1.165) is 21.9 Å². The summed E-state index contributed by atoms with van der Waals surface area (Å²) in [6.07, 6.45) is 6.34. The van der Waals surface area contributed by atoms with Crippen LogP contribution in [0.5, 0.6) is 0 Å². The van der Waals surface area contributed by atoms with Gasteiger partial charge < -0.3 is 0 Å². The van der Waals surface area contributed by atoms with Gasteiger partial charge in [0.1, 0.15) is 11.0 Å². The first kappa shape index (κ1) is 15.1. The highest BCUT2D eigenvalue weighted by molar-refractivity contribution is 9.10. The van der Waals surface area contributed by atoms with E-state index in [1.807, 2.05) is 6.07 Å². The molecule has 0 atom stereocenters. The van der Waals surface area contributed by atoms with Crippen molar-refractivity contribution in [1.82, 2.24) is 8.75 Å². The molecular formula is C16H17BrN2S2. The third-order valence-electron chi connectivity index (χ3n) is 3.65. The van der Waals surface area contributed by atoms with Gasteiger partial charge in [-0.1, -0.05) is 42.1 Å². The van der Waals surface area contributed by atoms with Crippen molar-refractivity contribution in [3.8, 4) is 10.4 Å². The second-order valence-corrected chi connectivity index (χ2v) is 7.44. The van der Waals surface area contributed by atoms with Gasteiger partial charge in [0, 0.05) is 14.9 Å². The fourth-order valence-corrected chi connectivity index (χ4v) is 4.74. The highest BCUT2D eigenvalue weighted by atomic mass is 79.9. The number of benzene rings is 1. The molecule has 0 aliphatic carbocycles. The number of nitrogens with zero attached hydrogens (tertiary/aromatic N) is 2. The topological polar surface area (TPSA) is 25.8 Å². The van der Waals surface area contributed by atoms with Crippen molar-refractivity contribution in [2.24, 2.45) is 0 Å². The maximum absolute atomic E-state index is 4.49. The Morgan fingerprint density at radius 1 is 1.10 bits per heavy atom. The summed E-state index contributed by atoms with van der Waals surface area (Å²) >= 11 is 6.79. The van der Waals surface area contributed by atoms with Gasteiger partial charge in [-0.25, -0.2) is 0 Å². The monoisotopic (exact) mass is 380 g/mol. The smallest absolute Gasteiger partial charge is 0.114 e. The van der Waals surface area contributed by atoms with Gasteiger partial charge in [0.2, 0.25) is 0 Å². The summed E-state index contributed by atoms with van der Waals surface area (Å²) in [5.74, 6) is 0. The number of hydrogen-bond donors (Lipinski definition) is 0. The van der Waals surface area contributed by atoms with Gasteiger partial charge in [-0.3, -0.25) is 0 Å². The lowest BCUT2D eigenvalue weighted by Crippen LogP contribution is -1.88. The minimum Gasteiger partial charge on any atom is -0.173 e. The second kappa shape index (κ2) is 6.99. The Kier molecular flexibility index (Phi) is 5.03. The number of aromatic nitrogens is 2. The molecule has 0 aliphatic rings. The second-order valence-electron chi connectivity index (χ2n) is 5.14. The van der Waals surface area contributed by atoms with Crippen LogP contribution < -0.4 is 0 Å². The van der Waals surface area contributed by atoms with Crippen LogP contribution in [-0.4, -0.2) is 8.75 Å². The molecule has 110 valence electrons. The standard InChI is InChI=1S/C16H17BrN2S2/c1-2-3-4-5-6-11-9-10-20-16(11)14-12(17)7-8-13-15(14)19-21-18-13/h7-10H,2-6H2,1H3. The van der Waals surface area contributed by atoms with Crippen LogP contribution in [0.15, 0.2) is 28.1 Å². The van der Waals surface area contributed by atoms with Crippen LogP contribution in [0.25, 0.3) is 21.5 Å². The molecule has 21 heavy (non-hydrogen) atoms. The quantitative estimate of drug-likeness (QED) is 0.468. The number of rotatable bonds is 6. The van der Waals surface area contributed by atoms with Crippen molar-refractivity contribution >= 4 is 50.0 Å². The summed E-state index contributed by atoms with van der Waals surface area (Å²) < 4.78 is 9.97. The molecule has 2 heterocycles. The molecule has 0 spiro atoms. The normalized spacial score (nSPS) is 11.3. The van der Waals surface area contributed by atoms with Crippen LogP contribution in [-0.2, 0) is 6.42 Å². The number of hydrogen-bond acceptors (Lipinski definition) is 4. The Morgan fingerprint density at radius 3 is 2.86 bits per heavy atom. The molecule has 3 rings (SSSR count). The van der Waals surface area contributed by atoms with Gasteiger partial charge in [0.15, 0.2) is 0 Å². The zero-order valence-corrected chi connectivity index (χ0v) is 15.2. The molecule has 0 saturated heterocycles. The molecule has 3 aromatic rings. The SMILES string of the molecule is CCCCCCc1ccsc1-c1c(Br)ccc2nsnc12. The third-order valence-corrected chi connectivity index (χ3v) is 5.83. The van der Waals surface area contributed by atoms with Gasteiger partial charge in [0.25, 0.3) is 0 Å². The molecule has 0 radical (unpaired) electrons. The molecule has 0 aliphatic heterocycles. The molecule has 0 amide bonds. The van der Waals surface area contributed by atoms with Crippen molar-refractivity contribution in [2.75, 3.05) is 0 Å². The molecule has 0 N–H and O–H groups in total. The first-order valence-electron chi connectivity index (χ1n) is 7.28. The molecule has 2 nitrogen and oxygen atoms in total. The first-order chi connectivity index (χ1) is 10.3. The predicted octanol–water partition coefficient (Wildman–Crippen LogP) is 6.31. The summed E-state index contributed by atoms with van der Waals surface area (Å²) in [5.41, 5.74) is 4.66. The van der Waals surface area contributed by atoms with E-state index in [1.165, 1.54) is 53.4 Å². The van der Waals surface area contributed by atoms with Crippen molar-refractivity contribution in [2.45, 2.75) is 39.0 Å². The fourth-order valence-electron chi connectivity index (χ4n) is 2.54. The van der Waals surface area contributed by atoms with E-state index >= 15 is 0 Å². The third kappa shape index (κ3) is 3.20. The Morgan fingerprint density at radius 2 is 2.00 bits per heavy atom. The Bertz CT molecular complexity index is 733. The summed E-state index contributed by atoms with van der Waals surface area (Å²) in [5, 5.41) is 2.19. The van der Waals surface area contributed by atoms with Crippen LogP contribution in [0.2, 0.25) is 0 Å². The highest BCUT2D eigenvalue weighted by Gasteiger charge is 2.16. The van der Waals surface area contributed by atoms with E-state index in [2.05, 4.69) is 49.1 Å². The minimum atomic E-state index is 0.989. The van der Waals surface area contributed by atoms with Gasteiger partial charge in [-0.05, 0) is 42.0 Å². The zero-order chi connectivity index (χ0) is 14.7. The van der Waals surface area contributed by atoms with E-state index in [9.17, 15) is 0 Å². The van der Waals surface area contributed by atoms with Gasteiger partial charge >= 0.3 is 0 Å². The molecule has 0 unspecified atom stereocenters. The molecule has 2 aromatic heterocycles. The van der Waals surface area contributed by atoms with Crippen molar-refractivity contribution < 1.29 is 0 Å². The zero-order valence-electron chi connectivity index (χ0n) is 11.9. The minimum absolute atomic E-state index is 0.989.